The van der Waals surface area contributed by atoms with Crippen molar-refractivity contribution in [1.82, 2.24) is 15.5 Å². The average Bonchev–Trinajstić information content (AvgIpc) is 2.60. The van der Waals surface area contributed by atoms with Gasteiger partial charge in [0.1, 0.15) is 6.54 Å². The minimum Gasteiger partial charge on any atom is -0.378 e. The second kappa shape index (κ2) is 10.00. The summed E-state index contributed by atoms with van der Waals surface area (Å²) in [6.45, 7) is 5.38. The average molecular weight is 353 g/mol. The maximum absolute atomic E-state index is 11.9. The molecular formula is C19H36N4O2. The Kier molecular flexibility index (Phi) is 8.00. The normalized spacial score (nSPS) is 25.7. The molecular weight excluding hydrogens is 316 g/mol. The predicted octanol–water partition coefficient (Wildman–Crippen LogP) is 2.15. The van der Waals surface area contributed by atoms with Crippen LogP contribution in [-0.2, 0) is 9.53 Å². The van der Waals surface area contributed by atoms with Gasteiger partial charge in [-0.2, -0.15) is 0 Å². The van der Waals surface area contributed by atoms with Crippen LogP contribution in [-0.4, -0.2) is 62.2 Å². The van der Waals surface area contributed by atoms with Crippen LogP contribution in [0.1, 0.15) is 58.8 Å². The second-order valence-electron chi connectivity index (χ2n) is 7.95. The van der Waals surface area contributed by atoms with Gasteiger partial charge in [-0.25, -0.2) is 4.99 Å². The van der Waals surface area contributed by atoms with E-state index in [1.54, 1.807) is 19.0 Å². The van der Waals surface area contributed by atoms with Gasteiger partial charge in [-0.1, -0.05) is 33.1 Å². The molecule has 0 spiro atoms. The molecule has 6 nitrogen and oxygen atoms in total. The van der Waals surface area contributed by atoms with Gasteiger partial charge in [0.05, 0.1) is 6.10 Å². The second-order valence-corrected chi connectivity index (χ2v) is 7.95. The third-order valence-electron chi connectivity index (χ3n) is 5.22. The molecule has 2 unspecified atom stereocenters. The van der Waals surface area contributed by atoms with Crippen LogP contribution in [0.5, 0.6) is 0 Å². The number of aliphatic imine (C=N–C) groups is 1. The van der Waals surface area contributed by atoms with Crippen molar-refractivity contribution < 1.29 is 9.53 Å². The first kappa shape index (κ1) is 20.0. The summed E-state index contributed by atoms with van der Waals surface area (Å²) < 4.78 is 5.87. The number of guanidine groups is 1. The van der Waals surface area contributed by atoms with E-state index in [2.05, 4.69) is 29.5 Å². The van der Waals surface area contributed by atoms with Crippen molar-refractivity contribution >= 4 is 11.9 Å². The van der Waals surface area contributed by atoms with Gasteiger partial charge in [0.25, 0.3) is 0 Å². The minimum absolute atomic E-state index is 0.0248. The van der Waals surface area contributed by atoms with Crippen LogP contribution < -0.4 is 10.6 Å². The quantitative estimate of drug-likeness (QED) is 0.588. The number of hydrogen-bond acceptors (Lipinski definition) is 3. The first-order chi connectivity index (χ1) is 12.0. The largest absolute Gasteiger partial charge is 0.378 e. The van der Waals surface area contributed by atoms with E-state index < -0.39 is 0 Å². The SMILES string of the molecule is CC(C)C1CC(NC(=NCC(=O)N(C)C)NC2CCCCC2)CCO1. The Morgan fingerprint density at radius 3 is 2.44 bits per heavy atom. The van der Waals surface area contributed by atoms with Gasteiger partial charge >= 0.3 is 0 Å². The Morgan fingerprint density at radius 1 is 1.12 bits per heavy atom. The zero-order chi connectivity index (χ0) is 18.2. The van der Waals surface area contributed by atoms with Crippen molar-refractivity contribution in [3.05, 3.63) is 0 Å². The molecule has 2 N–H and O–H groups in total. The van der Waals surface area contributed by atoms with Crippen LogP contribution in [0.4, 0.5) is 0 Å². The maximum Gasteiger partial charge on any atom is 0.243 e. The molecule has 0 aromatic rings. The van der Waals surface area contributed by atoms with E-state index in [1.807, 2.05) is 0 Å². The van der Waals surface area contributed by atoms with Crippen LogP contribution in [0, 0.1) is 5.92 Å². The molecule has 0 bridgehead atoms. The van der Waals surface area contributed by atoms with Crippen molar-refractivity contribution in [2.45, 2.75) is 77.0 Å². The van der Waals surface area contributed by atoms with E-state index in [9.17, 15) is 4.79 Å². The molecule has 2 aliphatic rings. The number of nitrogens with one attached hydrogen (secondary N) is 2. The molecule has 1 amide bonds. The number of carbonyl (C=O) groups is 1. The lowest BCUT2D eigenvalue weighted by Gasteiger charge is -2.34. The first-order valence-corrected chi connectivity index (χ1v) is 9.85. The fourth-order valence-electron chi connectivity index (χ4n) is 3.48. The number of carbonyl (C=O) groups excluding carboxylic acids is 1. The van der Waals surface area contributed by atoms with Crippen LogP contribution in [0.2, 0.25) is 0 Å². The van der Waals surface area contributed by atoms with Gasteiger partial charge in [0.15, 0.2) is 5.96 Å². The van der Waals surface area contributed by atoms with Crippen LogP contribution in [0.3, 0.4) is 0 Å². The molecule has 2 rings (SSSR count). The van der Waals surface area contributed by atoms with Gasteiger partial charge in [-0.15, -0.1) is 0 Å². The molecule has 6 heteroatoms. The predicted molar refractivity (Wildman–Crippen MR) is 102 cm³/mol. The summed E-state index contributed by atoms with van der Waals surface area (Å²) >= 11 is 0. The van der Waals surface area contributed by atoms with Crippen LogP contribution >= 0.6 is 0 Å². The molecule has 25 heavy (non-hydrogen) atoms. The van der Waals surface area contributed by atoms with Gasteiger partial charge in [0, 0.05) is 32.8 Å². The molecule has 1 aliphatic carbocycles. The Bertz CT molecular complexity index is 445. The summed E-state index contributed by atoms with van der Waals surface area (Å²) in [5.74, 6) is 1.33. The van der Waals surface area contributed by atoms with Crippen molar-refractivity contribution in [3.8, 4) is 0 Å². The lowest BCUT2D eigenvalue weighted by molar-refractivity contribution is -0.127. The summed E-state index contributed by atoms with van der Waals surface area (Å²) in [7, 11) is 3.54. The Morgan fingerprint density at radius 2 is 1.80 bits per heavy atom. The number of amides is 1. The maximum atomic E-state index is 11.9. The monoisotopic (exact) mass is 352 g/mol. The van der Waals surface area contributed by atoms with Crippen molar-refractivity contribution in [3.63, 3.8) is 0 Å². The highest BCUT2D eigenvalue weighted by atomic mass is 16.5. The molecule has 2 fully saturated rings. The van der Waals surface area contributed by atoms with Crippen molar-refractivity contribution in [2.75, 3.05) is 27.2 Å². The molecule has 0 aromatic carbocycles. The fourth-order valence-corrected chi connectivity index (χ4v) is 3.48. The molecule has 1 heterocycles. The van der Waals surface area contributed by atoms with E-state index >= 15 is 0 Å². The topological polar surface area (TPSA) is 66.0 Å². The van der Waals surface area contributed by atoms with Gasteiger partial charge in [0.2, 0.25) is 5.91 Å². The summed E-state index contributed by atoms with van der Waals surface area (Å²) in [4.78, 5) is 18.1. The highest BCUT2D eigenvalue weighted by Crippen LogP contribution is 2.21. The van der Waals surface area contributed by atoms with Crippen LogP contribution in [0.15, 0.2) is 4.99 Å². The van der Waals surface area contributed by atoms with Crippen LogP contribution in [0.25, 0.3) is 0 Å². The van der Waals surface area contributed by atoms with Gasteiger partial charge < -0.3 is 20.3 Å². The smallest absolute Gasteiger partial charge is 0.243 e. The van der Waals surface area contributed by atoms with E-state index in [-0.39, 0.29) is 12.5 Å². The summed E-state index contributed by atoms with van der Waals surface area (Å²) in [6, 6.07) is 0.820. The summed E-state index contributed by atoms with van der Waals surface area (Å²) in [5.41, 5.74) is 0. The standard InChI is InChI=1S/C19H36N4O2/c1-14(2)17-12-16(10-11-25-17)22-19(20-13-18(24)23(3)4)21-15-8-6-5-7-9-15/h14-17H,5-13H2,1-4H3,(H2,20,21,22). The van der Waals surface area contributed by atoms with E-state index in [0.717, 1.165) is 25.4 Å². The molecule has 1 aliphatic heterocycles. The highest BCUT2D eigenvalue weighted by molar-refractivity contribution is 5.85. The number of ether oxygens (including phenoxy) is 1. The lowest BCUT2D eigenvalue weighted by atomic mass is 9.95. The van der Waals surface area contributed by atoms with Crippen molar-refractivity contribution in [1.29, 1.82) is 0 Å². The third-order valence-corrected chi connectivity index (χ3v) is 5.22. The van der Waals surface area contributed by atoms with Gasteiger partial charge in [-0.3, -0.25) is 4.79 Å². The Balaban J connectivity index is 1.97. The minimum atomic E-state index is 0.0248. The summed E-state index contributed by atoms with van der Waals surface area (Å²) in [6.07, 6.45) is 8.51. The van der Waals surface area contributed by atoms with Gasteiger partial charge in [-0.05, 0) is 31.6 Å². The fraction of sp³-hybridized carbons (Fsp3) is 0.895. The number of nitrogens with zero attached hydrogens (tertiary/aromatic N) is 2. The number of likely N-dealkylation sites (N-methyl/N-ethyl adjacent to an activating group) is 1. The summed E-state index contributed by atoms with van der Waals surface area (Å²) in [5, 5.41) is 7.14. The molecule has 0 aromatic heterocycles. The van der Waals surface area contributed by atoms with E-state index in [1.165, 1.54) is 32.1 Å². The Hall–Kier alpha value is -1.30. The molecule has 2 atom stereocenters. The lowest BCUT2D eigenvalue weighted by Crippen LogP contribution is -2.51. The van der Waals surface area contributed by atoms with Crippen molar-refractivity contribution in [2.24, 2.45) is 10.9 Å². The Labute approximate surface area is 152 Å². The first-order valence-electron chi connectivity index (χ1n) is 9.85. The molecule has 1 saturated carbocycles. The zero-order valence-corrected chi connectivity index (χ0v) is 16.4. The number of rotatable bonds is 5. The number of hydrogen-bond donors (Lipinski definition) is 2. The zero-order valence-electron chi connectivity index (χ0n) is 16.4. The third kappa shape index (κ3) is 6.84. The highest BCUT2D eigenvalue weighted by Gasteiger charge is 2.26. The van der Waals surface area contributed by atoms with E-state index in [0.29, 0.717) is 24.1 Å². The molecule has 0 radical (unpaired) electrons. The molecule has 144 valence electrons. The molecule has 1 saturated heterocycles. The van der Waals surface area contributed by atoms with E-state index in [4.69, 9.17) is 4.74 Å².